The van der Waals surface area contributed by atoms with Crippen molar-refractivity contribution in [3.63, 3.8) is 0 Å². The number of hydrogen-bond donors (Lipinski definition) is 1. The first-order chi connectivity index (χ1) is 9.11. The molecule has 2 aliphatic rings. The molecule has 2 amide bonds. The third kappa shape index (κ3) is 3.34. The highest BCUT2D eigenvalue weighted by atomic mass is 16.2. The molecule has 0 aromatic carbocycles. The lowest BCUT2D eigenvalue weighted by molar-refractivity contribution is -0.148. The topological polar surface area (TPSA) is 52.7 Å². The van der Waals surface area contributed by atoms with Crippen LogP contribution in [0.15, 0.2) is 0 Å². The smallest absolute Gasteiger partial charge is 0.246 e. The number of imide groups is 1. The summed E-state index contributed by atoms with van der Waals surface area (Å²) in [5, 5.41) is 3.40. The van der Waals surface area contributed by atoms with Crippen molar-refractivity contribution in [2.45, 2.75) is 37.8 Å². The number of nitrogens with one attached hydrogen (secondary N) is 1. The molecule has 2 fully saturated rings. The molecule has 5 heteroatoms. The highest BCUT2D eigenvalue weighted by molar-refractivity contribution is 6.00. The summed E-state index contributed by atoms with van der Waals surface area (Å²) in [6, 6.07) is 0.150. The van der Waals surface area contributed by atoms with Crippen LogP contribution in [0.1, 0.15) is 25.7 Å². The number of carbonyl (C=O) groups excluding carboxylic acids is 2. The second kappa shape index (κ2) is 6.18. The van der Waals surface area contributed by atoms with E-state index in [1.807, 2.05) is 0 Å². The van der Waals surface area contributed by atoms with Crippen molar-refractivity contribution < 1.29 is 9.59 Å². The quantitative estimate of drug-likeness (QED) is 0.567. The molecule has 104 valence electrons. The summed E-state index contributed by atoms with van der Waals surface area (Å²) < 4.78 is 0. The number of likely N-dealkylation sites (N-methyl/N-ethyl adjacent to an activating group) is 1. The molecule has 0 aliphatic carbocycles. The average Bonchev–Trinajstić information content (AvgIpc) is 2.42. The highest BCUT2D eigenvalue weighted by Gasteiger charge is 2.33. The Kier molecular flexibility index (Phi) is 4.56. The Morgan fingerprint density at radius 1 is 1.32 bits per heavy atom. The molecule has 0 bridgehead atoms. The number of carbonyl (C=O) groups is 2. The van der Waals surface area contributed by atoms with Crippen LogP contribution in [0.2, 0.25) is 0 Å². The number of piperidine rings is 2. The molecule has 2 rings (SSSR count). The number of amides is 2. The van der Waals surface area contributed by atoms with Crippen molar-refractivity contribution in [2.75, 3.05) is 26.7 Å². The van der Waals surface area contributed by atoms with Crippen molar-refractivity contribution in [1.29, 1.82) is 0 Å². The van der Waals surface area contributed by atoms with E-state index in [9.17, 15) is 9.59 Å². The van der Waals surface area contributed by atoms with Gasteiger partial charge in [0.15, 0.2) is 0 Å². The van der Waals surface area contributed by atoms with Gasteiger partial charge >= 0.3 is 0 Å². The van der Waals surface area contributed by atoms with Crippen molar-refractivity contribution in [3.8, 4) is 12.3 Å². The van der Waals surface area contributed by atoms with Crippen molar-refractivity contribution in [3.05, 3.63) is 0 Å². The SMILES string of the molecule is C#CCN1CCC(NC2CCC(=O)N(C)C2=O)CC1. The van der Waals surface area contributed by atoms with Crippen molar-refractivity contribution in [1.82, 2.24) is 15.1 Å². The Morgan fingerprint density at radius 3 is 2.63 bits per heavy atom. The summed E-state index contributed by atoms with van der Waals surface area (Å²) in [6.07, 6.45) is 8.38. The minimum Gasteiger partial charge on any atom is -0.303 e. The van der Waals surface area contributed by atoms with Gasteiger partial charge in [0.25, 0.3) is 0 Å². The van der Waals surface area contributed by atoms with Crippen LogP contribution < -0.4 is 5.32 Å². The van der Waals surface area contributed by atoms with Gasteiger partial charge in [-0.3, -0.25) is 19.4 Å². The lowest BCUT2D eigenvalue weighted by atomic mass is 9.99. The van der Waals surface area contributed by atoms with E-state index < -0.39 is 0 Å². The molecule has 5 nitrogen and oxygen atoms in total. The number of hydrogen-bond acceptors (Lipinski definition) is 4. The molecule has 0 spiro atoms. The molecule has 2 saturated heterocycles. The van der Waals surface area contributed by atoms with Gasteiger partial charge in [0, 0.05) is 32.6 Å². The number of terminal acetylenes is 1. The number of rotatable bonds is 3. The Balaban J connectivity index is 1.81. The average molecular weight is 263 g/mol. The van der Waals surface area contributed by atoms with Crippen LogP contribution in [0.25, 0.3) is 0 Å². The first-order valence-corrected chi connectivity index (χ1v) is 6.84. The largest absolute Gasteiger partial charge is 0.303 e. The summed E-state index contributed by atoms with van der Waals surface area (Å²) in [7, 11) is 1.56. The molecular weight excluding hydrogens is 242 g/mol. The van der Waals surface area contributed by atoms with Gasteiger partial charge in [-0.25, -0.2) is 0 Å². The Labute approximate surface area is 114 Å². The first kappa shape index (κ1) is 14.0. The Morgan fingerprint density at radius 2 is 2.00 bits per heavy atom. The van der Waals surface area contributed by atoms with Gasteiger partial charge in [-0.05, 0) is 19.3 Å². The minimum absolute atomic E-state index is 0.0770. The molecule has 1 atom stereocenters. The van der Waals surface area contributed by atoms with Crippen LogP contribution in [0, 0.1) is 12.3 Å². The normalized spacial score (nSPS) is 26.5. The maximum Gasteiger partial charge on any atom is 0.246 e. The van der Waals surface area contributed by atoms with Gasteiger partial charge in [0.2, 0.25) is 11.8 Å². The van der Waals surface area contributed by atoms with E-state index in [0.29, 0.717) is 25.4 Å². The van der Waals surface area contributed by atoms with Gasteiger partial charge in [-0.1, -0.05) is 5.92 Å². The van der Waals surface area contributed by atoms with E-state index in [2.05, 4.69) is 16.1 Å². The van der Waals surface area contributed by atoms with E-state index in [-0.39, 0.29) is 17.9 Å². The summed E-state index contributed by atoms with van der Waals surface area (Å²) in [5.74, 6) is 2.49. The molecule has 0 aromatic rings. The lowest BCUT2D eigenvalue weighted by Gasteiger charge is -2.35. The number of nitrogens with zero attached hydrogens (tertiary/aromatic N) is 2. The van der Waals surface area contributed by atoms with Crippen molar-refractivity contribution >= 4 is 11.8 Å². The fraction of sp³-hybridized carbons (Fsp3) is 0.714. The van der Waals surface area contributed by atoms with E-state index in [1.54, 1.807) is 7.05 Å². The summed E-state index contributed by atoms with van der Waals surface area (Å²) in [5.41, 5.74) is 0. The van der Waals surface area contributed by atoms with Gasteiger partial charge in [-0.15, -0.1) is 6.42 Å². The zero-order valence-electron chi connectivity index (χ0n) is 11.4. The van der Waals surface area contributed by atoms with Crippen LogP contribution in [0.3, 0.4) is 0 Å². The molecule has 1 N–H and O–H groups in total. The monoisotopic (exact) mass is 263 g/mol. The molecule has 1 unspecified atom stereocenters. The fourth-order valence-electron chi connectivity index (χ4n) is 2.74. The second-order valence-electron chi connectivity index (χ2n) is 5.30. The zero-order valence-corrected chi connectivity index (χ0v) is 11.4. The molecular formula is C14H21N3O2. The summed E-state index contributed by atoms with van der Waals surface area (Å²) in [6.45, 7) is 2.64. The second-order valence-corrected chi connectivity index (χ2v) is 5.30. The fourth-order valence-corrected chi connectivity index (χ4v) is 2.74. The third-order valence-electron chi connectivity index (χ3n) is 3.99. The number of likely N-dealkylation sites (tertiary alicyclic amines) is 2. The van der Waals surface area contributed by atoms with Crippen LogP contribution in [0.5, 0.6) is 0 Å². The van der Waals surface area contributed by atoms with Gasteiger partial charge in [0.05, 0.1) is 12.6 Å². The molecule has 0 saturated carbocycles. The predicted molar refractivity (Wildman–Crippen MR) is 72.2 cm³/mol. The predicted octanol–water partition coefficient (Wildman–Crippen LogP) is -0.179. The van der Waals surface area contributed by atoms with E-state index in [1.165, 1.54) is 4.90 Å². The zero-order chi connectivity index (χ0) is 13.8. The van der Waals surface area contributed by atoms with Gasteiger partial charge in [-0.2, -0.15) is 0 Å². The van der Waals surface area contributed by atoms with E-state index in [4.69, 9.17) is 6.42 Å². The van der Waals surface area contributed by atoms with Crippen LogP contribution >= 0.6 is 0 Å². The van der Waals surface area contributed by atoms with Crippen LogP contribution in [-0.4, -0.2) is 60.4 Å². The highest BCUT2D eigenvalue weighted by Crippen LogP contribution is 2.16. The Bertz CT molecular complexity index is 394. The first-order valence-electron chi connectivity index (χ1n) is 6.84. The Hall–Kier alpha value is -1.38. The maximum absolute atomic E-state index is 12.0. The van der Waals surface area contributed by atoms with E-state index in [0.717, 1.165) is 25.9 Å². The van der Waals surface area contributed by atoms with Crippen molar-refractivity contribution in [2.24, 2.45) is 0 Å². The molecule has 0 aromatic heterocycles. The molecule has 2 heterocycles. The van der Waals surface area contributed by atoms with Gasteiger partial charge in [0.1, 0.15) is 0 Å². The van der Waals surface area contributed by atoms with E-state index >= 15 is 0 Å². The molecule has 2 aliphatic heterocycles. The summed E-state index contributed by atoms with van der Waals surface area (Å²) >= 11 is 0. The lowest BCUT2D eigenvalue weighted by Crippen LogP contribution is -2.55. The van der Waals surface area contributed by atoms with Gasteiger partial charge < -0.3 is 5.32 Å². The molecule has 0 radical (unpaired) electrons. The third-order valence-corrected chi connectivity index (χ3v) is 3.99. The maximum atomic E-state index is 12.0. The standard InChI is InChI=1S/C14H21N3O2/c1-3-8-17-9-6-11(7-10-17)15-12-4-5-13(18)16(2)14(12)19/h1,11-12,15H,4-10H2,2H3. The molecule has 19 heavy (non-hydrogen) atoms. The minimum atomic E-state index is -0.202. The van der Waals surface area contributed by atoms with Crippen LogP contribution in [-0.2, 0) is 9.59 Å². The van der Waals surface area contributed by atoms with Crippen LogP contribution in [0.4, 0.5) is 0 Å². The summed E-state index contributed by atoms with van der Waals surface area (Å²) in [4.78, 5) is 26.9.